The van der Waals surface area contributed by atoms with E-state index in [2.05, 4.69) is 4.72 Å². The summed E-state index contributed by atoms with van der Waals surface area (Å²) in [6.07, 6.45) is 0. The largest absolute Gasteiger partial charge is 0.497 e. The van der Waals surface area contributed by atoms with Crippen LogP contribution in [0, 0.1) is 0 Å². The van der Waals surface area contributed by atoms with Crippen molar-refractivity contribution in [3.8, 4) is 11.5 Å². The molecular weight excluding hydrogens is 312 g/mol. The molecule has 0 fully saturated rings. The molecule has 2 rings (SSSR count). The molecule has 3 N–H and O–H groups in total. The van der Waals surface area contributed by atoms with E-state index in [4.69, 9.17) is 15.2 Å². The van der Waals surface area contributed by atoms with Crippen LogP contribution in [-0.2, 0) is 16.6 Å². The summed E-state index contributed by atoms with van der Waals surface area (Å²) >= 11 is 1.14. The van der Waals surface area contributed by atoms with Gasteiger partial charge in [0.1, 0.15) is 15.7 Å². The number of hydrogen-bond donors (Lipinski definition) is 2. The minimum Gasteiger partial charge on any atom is -0.497 e. The van der Waals surface area contributed by atoms with E-state index in [0.717, 1.165) is 16.2 Å². The van der Waals surface area contributed by atoms with Crippen LogP contribution in [0.5, 0.6) is 11.5 Å². The fourth-order valence-electron chi connectivity index (χ4n) is 1.68. The van der Waals surface area contributed by atoms with Crippen molar-refractivity contribution in [2.75, 3.05) is 18.9 Å². The van der Waals surface area contributed by atoms with Gasteiger partial charge in [0.15, 0.2) is 0 Å². The normalized spacial score (nSPS) is 11.2. The molecule has 1 aromatic carbocycles. The second-order valence-electron chi connectivity index (χ2n) is 4.13. The molecule has 114 valence electrons. The molecule has 6 nitrogen and oxygen atoms in total. The number of benzene rings is 1. The van der Waals surface area contributed by atoms with Crippen LogP contribution in [0.25, 0.3) is 0 Å². The van der Waals surface area contributed by atoms with Gasteiger partial charge in [0.25, 0.3) is 10.0 Å². The van der Waals surface area contributed by atoms with Crippen molar-refractivity contribution in [1.29, 1.82) is 0 Å². The standard InChI is InChI=1S/C13H16N2O4S2/c1-18-10-5-9(6-11(7-10)19-2)15-21(16,17)13-4-3-12(8-14)20-13/h3-7,15H,8,14H2,1-2H3. The summed E-state index contributed by atoms with van der Waals surface area (Å²) in [7, 11) is -0.651. The predicted molar refractivity (Wildman–Crippen MR) is 82.6 cm³/mol. The first-order valence-corrected chi connectivity index (χ1v) is 8.33. The molecule has 0 radical (unpaired) electrons. The summed E-state index contributed by atoms with van der Waals surface area (Å²) in [6.45, 7) is 0.313. The zero-order chi connectivity index (χ0) is 15.5. The Morgan fingerprint density at radius 2 is 1.76 bits per heavy atom. The van der Waals surface area contributed by atoms with Crippen LogP contribution in [-0.4, -0.2) is 22.6 Å². The molecule has 0 unspecified atom stereocenters. The van der Waals surface area contributed by atoms with Gasteiger partial charge in [-0.25, -0.2) is 8.42 Å². The van der Waals surface area contributed by atoms with Gasteiger partial charge in [-0.2, -0.15) is 0 Å². The molecule has 0 atom stereocenters. The third kappa shape index (κ3) is 3.66. The van der Waals surface area contributed by atoms with Crippen molar-refractivity contribution in [2.45, 2.75) is 10.8 Å². The first-order chi connectivity index (χ1) is 9.98. The molecule has 0 saturated heterocycles. The number of nitrogens with one attached hydrogen (secondary N) is 1. The van der Waals surface area contributed by atoms with E-state index in [1.165, 1.54) is 20.3 Å². The van der Waals surface area contributed by atoms with Gasteiger partial charge in [0.2, 0.25) is 0 Å². The van der Waals surface area contributed by atoms with Crippen molar-refractivity contribution in [3.05, 3.63) is 35.2 Å². The zero-order valence-electron chi connectivity index (χ0n) is 11.6. The fraction of sp³-hybridized carbons (Fsp3) is 0.231. The van der Waals surface area contributed by atoms with Gasteiger partial charge in [-0.1, -0.05) is 0 Å². The van der Waals surface area contributed by atoms with E-state index < -0.39 is 10.0 Å². The van der Waals surface area contributed by atoms with Crippen LogP contribution in [0.1, 0.15) is 4.88 Å². The first-order valence-electron chi connectivity index (χ1n) is 6.03. The van der Waals surface area contributed by atoms with E-state index in [1.54, 1.807) is 24.3 Å². The second-order valence-corrected chi connectivity index (χ2v) is 7.21. The predicted octanol–water partition coefficient (Wildman–Crippen LogP) is 2.02. The summed E-state index contributed by atoms with van der Waals surface area (Å²) in [4.78, 5) is 0.804. The summed E-state index contributed by atoms with van der Waals surface area (Å²) in [5.41, 5.74) is 5.87. The van der Waals surface area contributed by atoms with Gasteiger partial charge in [-0.15, -0.1) is 11.3 Å². The van der Waals surface area contributed by atoms with Gasteiger partial charge >= 0.3 is 0 Å². The van der Waals surface area contributed by atoms with E-state index >= 15 is 0 Å². The number of hydrogen-bond acceptors (Lipinski definition) is 6. The average molecular weight is 328 g/mol. The Balaban J connectivity index is 2.31. The van der Waals surface area contributed by atoms with Crippen molar-refractivity contribution >= 4 is 27.0 Å². The summed E-state index contributed by atoms with van der Waals surface area (Å²) in [5, 5.41) is 0. The zero-order valence-corrected chi connectivity index (χ0v) is 13.3. The van der Waals surface area contributed by atoms with Crippen LogP contribution >= 0.6 is 11.3 Å². The highest BCUT2D eigenvalue weighted by atomic mass is 32.2. The fourth-order valence-corrected chi connectivity index (χ4v) is 3.96. The second kappa shape index (κ2) is 6.33. The number of nitrogens with two attached hydrogens (primary N) is 1. The average Bonchev–Trinajstić information content (AvgIpc) is 2.96. The number of rotatable bonds is 6. The Morgan fingerprint density at radius 1 is 1.14 bits per heavy atom. The lowest BCUT2D eigenvalue weighted by Gasteiger charge is -2.10. The molecule has 0 aliphatic rings. The lowest BCUT2D eigenvalue weighted by Crippen LogP contribution is -2.11. The van der Waals surface area contributed by atoms with E-state index in [0.29, 0.717) is 23.7 Å². The summed E-state index contributed by atoms with van der Waals surface area (Å²) in [6, 6.07) is 8.06. The van der Waals surface area contributed by atoms with Gasteiger partial charge in [-0.05, 0) is 12.1 Å². The summed E-state index contributed by atoms with van der Waals surface area (Å²) < 4.78 is 37.6. The maximum Gasteiger partial charge on any atom is 0.271 e. The maximum atomic E-state index is 12.3. The van der Waals surface area contributed by atoms with Gasteiger partial charge in [0.05, 0.1) is 19.9 Å². The van der Waals surface area contributed by atoms with Crippen LogP contribution in [0.3, 0.4) is 0 Å². The molecule has 8 heteroatoms. The SMILES string of the molecule is COc1cc(NS(=O)(=O)c2ccc(CN)s2)cc(OC)c1. The van der Waals surface area contributed by atoms with Crippen molar-refractivity contribution in [3.63, 3.8) is 0 Å². The lowest BCUT2D eigenvalue weighted by atomic mass is 10.3. The van der Waals surface area contributed by atoms with Gasteiger partial charge in [-0.3, -0.25) is 4.72 Å². The number of methoxy groups -OCH3 is 2. The molecule has 0 aliphatic heterocycles. The lowest BCUT2D eigenvalue weighted by molar-refractivity contribution is 0.395. The van der Waals surface area contributed by atoms with E-state index in [9.17, 15) is 8.42 Å². The smallest absolute Gasteiger partial charge is 0.271 e. The molecule has 0 bridgehead atoms. The van der Waals surface area contributed by atoms with E-state index in [1.807, 2.05) is 0 Å². The maximum absolute atomic E-state index is 12.3. The monoisotopic (exact) mass is 328 g/mol. The molecule has 0 amide bonds. The summed E-state index contributed by atoms with van der Waals surface area (Å²) in [5.74, 6) is 1.00. The number of anilines is 1. The number of sulfonamides is 1. The first kappa shape index (κ1) is 15.6. The Kier molecular flexibility index (Phi) is 4.71. The number of thiophene rings is 1. The topological polar surface area (TPSA) is 90.7 Å². The van der Waals surface area contributed by atoms with Gasteiger partial charge in [0, 0.05) is 29.6 Å². The van der Waals surface area contributed by atoms with Gasteiger partial charge < -0.3 is 15.2 Å². The van der Waals surface area contributed by atoms with Crippen LogP contribution < -0.4 is 19.9 Å². The Hall–Kier alpha value is -1.77. The van der Waals surface area contributed by atoms with Crippen LogP contribution in [0.15, 0.2) is 34.5 Å². The molecule has 21 heavy (non-hydrogen) atoms. The minimum atomic E-state index is -3.65. The molecule has 1 heterocycles. The van der Waals surface area contributed by atoms with Crippen molar-refractivity contribution < 1.29 is 17.9 Å². The van der Waals surface area contributed by atoms with Crippen LogP contribution in [0.2, 0.25) is 0 Å². The third-order valence-corrected chi connectivity index (χ3v) is 5.69. The Labute approximate surface area is 127 Å². The number of ether oxygens (including phenoxy) is 2. The molecule has 0 spiro atoms. The highest BCUT2D eigenvalue weighted by Crippen LogP contribution is 2.29. The highest BCUT2D eigenvalue weighted by Gasteiger charge is 2.17. The Bertz CT molecular complexity index is 703. The quantitative estimate of drug-likeness (QED) is 0.846. The minimum absolute atomic E-state index is 0.213. The molecule has 2 aromatic rings. The van der Waals surface area contributed by atoms with Crippen molar-refractivity contribution in [2.24, 2.45) is 5.73 Å². The molecular formula is C13H16N2O4S2. The van der Waals surface area contributed by atoms with Crippen molar-refractivity contribution in [1.82, 2.24) is 0 Å². The van der Waals surface area contributed by atoms with E-state index in [-0.39, 0.29) is 4.21 Å². The third-order valence-electron chi connectivity index (χ3n) is 2.71. The van der Waals surface area contributed by atoms with Crippen LogP contribution in [0.4, 0.5) is 5.69 Å². The molecule has 1 aromatic heterocycles. The Morgan fingerprint density at radius 3 is 2.24 bits per heavy atom. The molecule has 0 aliphatic carbocycles. The highest BCUT2D eigenvalue weighted by molar-refractivity contribution is 7.94. The molecule has 0 saturated carbocycles.